The van der Waals surface area contributed by atoms with E-state index in [1.54, 1.807) is 12.3 Å². The van der Waals surface area contributed by atoms with Crippen LogP contribution in [0.1, 0.15) is 29.5 Å². The standard InChI is InChI=1S/C20H21N5O/c1-2-16(12-17-10-6-7-11-21-17)24-25-20(26)19-13-18(22-14-23-19)15-8-4-3-5-9-15/h3-11,13-14,16,24H,2,12H2,1H3,(H,25,26). The van der Waals surface area contributed by atoms with Crippen LogP contribution in [0.3, 0.4) is 0 Å². The first-order chi connectivity index (χ1) is 12.8. The summed E-state index contributed by atoms with van der Waals surface area (Å²) in [6, 6.07) is 17.3. The van der Waals surface area contributed by atoms with Crippen molar-refractivity contribution in [3.05, 3.63) is 78.5 Å². The van der Waals surface area contributed by atoms with Gasteiger partial charge in [-0.15, -0.1) is 0 Å². The van der Waals surface area contributed by atoms with E-state index in [2.05, 4.69) is 32.7 Å². The van der Waals surface area contributed by atoms with Crippen LogP contribution in [0.4, 0.5) is 0 Å². The third kappa shape index (κ3) is 4.70. The third-order valence-electron chi connectivity index (χ3n) is 4.03. The number of carbonyl (C=O) groups excluding carboxylic acids is 1. The zero-order chi connectivity index (χ0) is 18.2. The van der Waals surface area contributed by atoms with Gasteiger partial charge < -0.3 is 0 Å². The minimum absolute atomic E-state index is 0.0873. The van der Waals surface area contributed by atoms with Crippen molar-refractivity contribution in [3.63, 3.8) is 0 Å². The van der Waals surface area contributed by atoms with E-state index < -0.39 is 0 Å². The van der Waals surface area contributed by atoms with Crippen molar-refractivity contribution in [1.82, 2.24) is 25.8 Å². The Kier molecular flexibility index (Phi) is 6.01. The molecular formula is C20H21N5O. The maximum atomic E-state index is 12.4. The van der Waals surface area contributed by atoms with Crippen molar-refractivity contribution >= 4 is 5.91 Å². The molecule has 3 aromatic rings. The summed E-state index contributed by atoms with van der Waals surface area (Å²) in [5, 5.41) is 0. The van der Waals surface area contributed by atoms with E-state index in [0.29, 0.717) is 11.4 Å². The van der Waals surface area contributed by atoms with E-state index in [1.807, 2.05) is 48.5 Å². The summed E-state index contributed by atoms with van der Waals surface area (Å²) >= 11 is 0. The quantitative estimate of drug-likeness (QED) is 0.643. The second-order valence-electron chi connectivity index (χ2n) is 5.88. The summed E-state index contributed by atoms with van der Waals surface area (Å²) in [6.07, 6.45) is 4.77. The number of nitrogens with zero attached hydrogens (tertiary/aromatic N) is 3. The Balaban J connectivity index is 1.62. The molecule has 1 unspecified atom stereocenters. The molecule has 2 aromatic heterocycles. The Morgan fingerprint density at radius 3 is 2.58 bits per heavy atom. The van der Waals surface area contributed by atoms with Crippen molar-refractivity contribution in [2.75, 3.05) is 0 Å². The Labute approximate surface area is 152 Å². The van der Waals surface area contributed by atoms with Gasteiger partial charge in [-0.3, -0.25) is 15.2 Å². The highest BCUT2D eigenvalue weighted by Crippen LogP contribution is 2.16. The van der Waals surface area contributed by atoms with Crippen molar-refractivity contribution in [2.45, 2.75) is 25.8 Å². The van der Waals surface area contributed by atoms with E-state index >= 15 is 0 Å². The molecule has 0 spiro atoms. The molecular weight excluding hydrogens is 326 g/mol. The number of hydrogen-bond acceptors (Lipinski definition) is 5. The number of carbonyl (C=O) groups is 1. The second-order valence-corrected chi connectivity index (χ2v) is 5.88. The smallest absolute Gasteiger partial charge is 0.284 e. The molecule has 0 fully saturated rings. The molecule has 26 heavy (non-hydrogen) atoms. The number of hydrogen-bond donors (Lipinski definition) is 2. The third-order valence-corrected chi connectivity index (χ3v) is 4.03. The fourth-order valence-electron chi connectivity index (χ4n) is 2.55. The summed E-state index contributed by atoms with van der Waals surface area (Å²) in [5.74, 6) is -0.288. The number of aromatic nitrogens is 3. The lowest BCUT2D eigenvalue weighted by Gasteiger charge is -2.17. The van der Waals surface area contributed by atoms with E-state index in [9.17, 15) is 4.79 Å². The minimum Gasteiger partial charge on any atom is -0.286 e. The SMILES string of the molecule is CCC(Cc1ccccn1)NNC(=O)c1cc(-c2ccccc2)ncn1. The van der Waals surface area contributed by atoms with Gasteiger partial charge in [-0.25, -0.2) is 15.4 Å². The van der Waals surface area contributed by atoms with Crippen LogP contribution in [-0.2, 0) is 6.42 Å². The molecule has 2 N–H and O–H groups in total. The van der Waals surface area contributed by atoms with Crippen molar-refractivity contribution < 1.29 is 4.79 Å². The number of nitrogens with one attached hydrogen (secondary N) is 2. The molecule has 0 aliphatic carbocycles. The fraction of sp³-hybridized carbons (Fsp3) is 0.200. The summed E-state index contributed by atoms with van der Waals surface area (Å²) in [6.45, 7) is 2.06. The monoisotopic (exact) mass is 347 g/mol. The number of hydrazine groups is 1. The lowest BCUT2D eigenvalue weighted by Crippen LogP contribution is -2.45. The van der Waals surface area contributed by atoms with Gasteiger partial charge in [0.15, 0.2) is 0 Å². The number of rotatable bonds is 7. The minimum atomic E-state index is -0.288. The van der Waals surface area contributed by atoms with Crippen LogP contribution in [0.15, 0.2) is 67.1 Å². The maximum absolute atomic E-state index is 12.4. The van der Waals surface area contributed by atoms with Gasteiger partial charge in [-0.05, 0) is 24.6 Å². The van der Waals surface area contributed by atoms with E-state index in [1.165, 1.54) is 6.33 Å². The average molecular weight is 347 g/mol. The molecule has 2 heterocycles. The molecule has 0 aliphatic heterocycles. The van der Waals surface area contributed by atoms with Crippen molar-refractivity contribution in [2.24, 2.45) is 0 Å². The van der Waals surface area contributed by atoms with Crippen molar-refractivity contribution in [3.8, 4) is 11.3 Å². The van der Waals surface area contributed by atoms with E-state index in [0.717, 1.165) is 24.1 Å². The summed E-state index contributed by atoms with van der Waals surface area (Å²) < 4.78 is 0. The van der Waals surface area contributed by atoms with Gasteiger partial charge in [0, 0.05) is 29.9 Å². The second kappa shape index (κ2) is 8.82. The summed E-state index contributed by atoms with van der Waals surface area (Å²) in [4.78, 5) is 25.1. The molecule has 1 atom stereocenters. The predicted molar refractivity (Wildman–Crippen MR) is 100 cm³/mol. The summed E-state index contributed by atoms with van der Waals surface area (Å²) in [7, 11) is 0. The fourth-order valence-corrected chi connectivity index (χ4v) is 2.55. The molecule has 6 nitrogen and oxygen atoms in total. The molecule has 3 rings (SSSR count). The first-order valence-electron chi connectivity index (χ1n) is 8.59. The van der Waals surface area contributed by atoms with Crippen LogP contribution >= 0.6 is 0 Å². The number of pyridine rings is 1. The molecule has 6 heteroatoms. The van der Waals surface area contributed by atoms with Crippen LogP contribution in [0.25, 0.3) is 11.3 Å². The van der Waals surface area contributed by atoms with Crippen LogP contribution in [0.2, 0.25) is 0 Å². The van der Waals surface area contributed by atoms with Crippen LogP contribution in [0, 0.1) is 0 Å². The zero-order valence-corrected chi connectivity index (χ0v) is 14.6. The van der Waals surface area contributed by atoms with E-state index in [4.69, 9.17) is 0 Å². The first kappa shape index (κ1) is 17.7. The van der Waals surface area contributed by atoms with Crippen molar-refractivity contribution in [1.29, 1.82) is 0 Å². The molecule has 0 saturated heterocycles. The average Bonchev–Trinajstić information content (AvgIpc) is 2.72. The van der Waals surface area contributed by atoms with Gasteiger partial charge in [0.05, 0.1) is 5.69 Å². The molecule has 0 saturated carbocycles. The molecule has 0 radical (unpaired) electrons. The van der Waals surface area contributed by atoms with E-state index in [-0.39, 0.29) is 11.9 Å². The normalized spacial score (nSPS) is 11.7. The Morgan fingerprint density at radius 1 is 1.04 bits per heavy atom. The molecule has 0 bridgehead atoms. The molecule has 0 aliphatic rings. The highest BCUT2D eigenvalue weighted by Gasteiger charge is 2.13. The van der Waals surface area contributed by atoms with Crippen LogP contribution < -0.4 is 10.9 Å². The largest absolute Gasteiger partial charge is 0.286 e. The zero-order valence-electron chi connectivity index (χ0n) is 14.6. The summed E-state index contributed by atoms with van der Waals surface area (Å²) in [5.41, 5.74) is 8.77. The molecule has 132 valence electrons. The first-order valence-corrected chi connectivity index (χ1v) is 8.59. The van der Waals surface area contributed by atoms with Gasteiger partial charge in [-0.2, -0.15) is 0 Å². The van der Waals surface area contributed by atoms with Gasteiger partial charge in [0.25, 0.3) is 5.91 Å². The Hall–Kier alpha value is -3.12. The topological polar surface area (TPSA) is 79.8 Å². The Bertz CT molecular complexity index is 839. The Morgan fingerprint density at radius 2 is 1.85 bits per heavy atom. The highest BCUT2D eigenvalue weighted by molar-refractivity contribution is 5.92. The van der Waals surface area contributed by atoms with Gasteiger partial charge in [0.2, 0.25) is 0 Å². The molecule has 1 amide bonds. The van der Waals surface area contributed by atoms with Gasteiger partial charge in [-0.1, -0.05) is 43.3 Å². The molecule has 1 aromatic carbocycles. The number of benzene rings is 1. The lowest BCUT2D eigenvalue weighted by atomic mass is 10.1. The lowest BCUT2D eigenvalue weighted by molar-refractivity contribution is 0.0919. The number of amides is 1. The van der Waals surface area contributed by atoms with Crippen LogP contribution in [0.5, 0.6) is 0 Å². The van der Waals surface area contributed by atoms with Gasteiger partial charge >= 0.3 is 0 Å². The van der Waals surface area contributed by atoms with Crippen LogP contribution in [-0.4, -0.2) is 26.9 Å². The maximum Gasteiger partial charge on any atom is 0.284 e. The predicted octanol–water partition coefficient (Wildman–Crippen LogP) is 2.79. The highest BCUT2D eigenvalue weighted by atomic mass is 16.2. The van der Waals surface area contributed by atoms with Gasteiger partial charge in [0.1, 0.15) is 12.0 Å².